The van der Waals surface area contributed by atoms with Gasteiger partial charge in [0.1, 0.15) is 5.75 Å². The first kappa shape index (κ1) is 20.7. The summed E-state index contributed by atoms with van der Waals surface area (Å²) in [4.78, 5) is 31.9. The van der Waals surface area contributed by atoms with Crippen LogP contribution in [0.4, 0.5) is 18.9 Å². The number of hydrogen-bond donors (Lipinski definition) is 0. The Morgan fingerprint density at radius 1 is 0.939 bits per heavy atom. The number of carbonyl (C=O) groups is 2. The number of anilines is 1. The van der Waals surface area contributed by atoms with E-state index in [0.717, 1.165) is 22.6 Å². The maximum atomic E-state index is 13.4. The lowest BCUT2D eigenvalue weighted by molar-refractivity contribution is -0.274. The average molecular weight is 452 g/mol. The highest BCUT2D eigenvalue weighted by atomic mass is 19.4. The van der Waals surface area contributed by atoms with Gasteiger partial charge in [0.05, 0.1) is 33.6 Å². The molecule has 0 radical (unpaired) electrons. The highest BCUT2D eigenvalue weighted by molar-refractivity contribution is 6.37. The van der Waals surface area contributed by atoms with Crippen LogP contribution in [0, 0.1) is 13.8 Å². The van der Waals surface area contributed by atoms with Crippen molar-refractivity contribution in [2.75, 3.05) is 4.90 Å². The van der Waals surface area contributed by atoms with Crippen LogP contribution in [0.25, 0.3) is 16.7 Å². The molecule has 33 heavy (non-hydrogen) atoms. The summed E-state index contributed by atoms with van der Waals surface area (Å²) in [6.45, 7) is 3.48. The Labute approximate surface area is 185 Å². The predicted octanol–water partition coefficient (Wildman–Crippen LogP) is 4.74. The van der Waals surface area contributed by atoms with Gasteiger partial charge in [-0.2, -0.15) is 5.10 Å². The van der Waals surface area contributed by atoms with Crippen LogP contribution in [-0.2, 0) is 0 Å². The van der Waals surface area contributed by atoms with E-state index in [4.69, 9.17) is 0 Å². The summed E-state index contributed by atoms with van der Waals surface area (Å²) < 4.78 is 42.6. The van der Waals surface area contributed by atoms with Crippen molar-refractivity contribution in [1.82, 2.24) is 14.8 Å². The maximum absolute atomic E-state index is 13.4. The zero-order valence-electron chi connectivity index (χ0n) is 17.3. The molecule has 0 saturated heterocycles. The van der Waals surface area contributed by atoms with Gasteiger partial charge in [-0.25, -0.2) is 14.6 Å². The van der Waals surface area contributed by atoms with Crippen molar-refractivity contribution < 1.29 is 27.5 Å². The number of para-hydroxylation sites is 1. The Hall–Kier alpha value is -4.21. The molecule has 4 aromatic rings. The number of fused-ring (bicyclic) bond motifs is 3. The van der Waals surface area contributed by atoms with Crippen molar-refractivity contribution in [2.45, 2.75) is 20.2 Å². The molecule has 2 aromatic heterocycles. The molecule has 1 aliphatic heterocycles. The smallest absolute Gasteiger partial charge is 0.406 e. The Bertz CT molecular complexity index is 1440. The number of aryl methyl sites for hydroxylation is 2. The van der Waals surface area contributed by atoms with E-state index < -0.39 is 18.2 Å². The van der Waals surface area contributed by atoms with E-state index in [1.54, 1.807) is 19.1 Å². The number of alkyl halides is 3. The van der Waals surface area contributed by atoms with Gasteiger partial charge in [-0.15, -0.1) is 13.2 Å². The third-order valence-corrected chi connectivity index (χ3v) is 5.39. The van der Waals surface area contributed by atoms with E-state index in [9.17, 15) is 22.8 Å². The van der Waals surface area contributed by atoms with Crippen LogP contribution in [0.1, 0.15) is 32.0 Å². The molecule has 166 valence electrons. The van der Waals surface area contributed by atoms with Crippen molar-refractivity contribution >= 4 is 28.5 Å². The second-order valence-corrected chi connectivity index (χ2v) is 7.52. The summed E-state index contributed by atoms with van der Waals surface area (Å²) in [5.74, 6) is -1.32. The van der Waals surface area contributed by atoms with Gasteiger partial charge in [0.2, 0.25) is 0 Å². The van der Waals surface area contributed by atoms with Crippen molar-refractivity contribution in [3.05, 3.63) is 77.1 Å². The van der Waals surface area contributed by atoms with Crippen molar-refractivity contribution in [2.24, 2.45) is 0 Å². The van der Waals surface area contributed by atoms with E-state index in [1.165, 1.54) is 23.0 Å². The van der Waals surface area contributed by atoms with Gasteiger partial charge in [0.15, 0.2) is 5.65 Å². The molecule has 1 aliphatic rings. The number of amides is 2. The monoisotopic (exact) mass is 452 g/mol. The van der Waals surface area contributed by atoms with Crippen LogP contribution < -0.4 is 9.64 Å². The minimum absolute atomic E-state index is 0.173. The predicted molar refractivity (Wildman–Crippen MR) is 113 cm³/mol. The molecule has 5 rings (SSSR count). The Balaban J connectivity index is 1.61. The minimum atomic E-state index is -4.80. The Kier molecular flexibility index (Phi) is 4.48. The molecule has 7 nitrogen and oxygen atoms in total. The largest absolute Gasteiger partial charge is 0.573 e. The molecule has 3 heterocycles. The third kappa shape index (κ3) is 3.30. The first-order chi connectivity index (χ1) is 15.7. The summed E-state index contributed by atoms with van der Waals surface area (Å²) in [6.07, 6.45) is -3.47. The lowest BCUT2D eigenvalue weighted by Gasteiger charge is -2.16. The van der Waals surface area contributed by atoms with Crippen LogP contribution in [0.2, 0.25) is 0 Å². The summed E-state index contributed by atoms with van der Waals surface area (Å²) in [5, 5.41) is 4.84. The minimum Gasteiger partial charge on any atom is -0.406 e. The SMILES string of the molecule is Cc1ccccc1N1C(=O)c2cnc3c(c(C)nn3-c3ccc(OC(F)(F)F)cc3)c2C1=O. The van der Waals surface area contributed by atoms with Gasteiger partial charge in [-0.05, 0) is 49.7 Å². The molecule has 2 aromatic carbocycles. The molecule has 0 bridgehead atoms. The molecule has 0 saturated carbocycles. The zero-order chi connectivity index (χ0) is 23.5. The van der Waals surface area contributed by atoms with Gasteiger partial charge in [0.25, 0.3) is 11.8 Å². The number of carbonyl (C=O) groups excluding carboxylic acids is 2. The molecular formula is C23H15F3N4O3. The Morgan fingerprint density at radius 2 is 1.64 bits per heavy atom. The van der Waals surface area contributed by atoms with Gasteiger partial charge in [0, 0.05) is 6.20 Å². The molecule has 0 N–H and O–H groups in total. The average Bonchev–Trinajstić information content (AvgIpc) is 3.22. The molecular weight excluding hydrogens is 437 g/mol. The van der Waals surface area contributed by atoms with E-state index in [1.807, 2.05) is 19.1 Å². The van der Waals surface area contributed by atoms with Crippen LogP contribution >= 0.6 is 0 Å². The fraction of sp³-hybridized carbons (Fsp3) is 0.130. The summed E-state index contributed by atoms with van der Waals surface area (Å²) in [6, 6.07) is 12.2. The normalized spacial score (nSPS) is 13.7. The second-order valence-electron chi connectivity index (χ2n) is 7.52. The topological polar surface area (TPSA) is 77.3 Å². The first-order valence-electron chi connectivity index (χ1n) is 9.84. The van der Waals surface area contributed by atoms with Crippen LogP contribution in [-0.4, -0.2) is 32.9 Å². The summed E-state index contributed by atoms with van der Waals surface area (Å²) in [5.41, 5.74) is 2.82. The highest BCUT2D eigenvalue weighted by Crippen LogP contribution is 2.35. The number of benzene rings is 2. The van der Waals surface area contributed by atoms with Crippen LogP contribution in [0.15, 0.2) is 54.7 Å². The lowest BCUT2D eigenvalue weighted by Crippen LogP contribution is -2.30. The fourth-order valence-electron chi connectivity index (χ4n) is 3.96. The number of aromatic nitrogens is 3. The number of halogens is 3. The van der Waals surface area contributed by atoms with Gasteiger partial charge in [-0.3, -0.25) is 9.59 Å². The van der Waals surface area contributed by atoms with Gasteiger partial charge >= 0.3 is 6.36 Å². The van der Waals surface area contributed by atoms with Gasteiger partial charge < -0.3 is 4.74 Å². The highest BCUT2D eigenvalue weighted by Gasteiger charge is 2.40. The van der Waals surface area contributed by atoms with E-state index in [-0.39, 0.29) is 16.9 Å². The number of rotatable bonds is 3. The van der Waals surface area contributed by atoms with Crippen molar-refractivity contribution in [3.63, 3.8) is 0 Å². The zero-order valence-corrected chi connectivity index (χ0v) is 17.3. The first-order valence-corrected chi connectivity index (χ1v) is 9.84. The van der Waals surface area contributed by atoms with Crippen LogP contribution in [0.3, 0.4) is 0 Å². The lowest BCUT2D eigenvalue weighted by atomic mass is 10.1. The maximum Gasteiger partial charge on any atom is 0.573 e. The van der Waals surface area contributed by atoms with Crippen LogP contribution in [0.5, 0.6) is 5.75 Å². The second kappa shape index (κ2) is 7.16. The van der Waals surface area contributed by atoms with Gasteiger partial charge in [-0.1, -0.05) is 18.2 Å². The quantitative estimate of drug-likeness (QED) is 0.420. The standard InChI is InChI=1S/C23H15F3N4O3/c1-12-5-3-4-6-17(12)29-21(31)16-11-27-20-18(19(16)22(29)32)13(2)28-30(20)14-7-9-15(10-8-14)33-23(24,25)26/h3-11H,1-2H3. The third-order valence-electron chi connectivity index (χ3n) is 5.39. The summed E-state index contributed by atoms with van der Waals surface area (Å²) >= 11 is 0. The molecule has 0 unspecified atom stereocenters. The molecule has 0 atom stereocenters. The number of hydrogen-bond acceptors (Lipinski definition) is 5. The Morgan fingerprint density at radius 3 is 2.30 bits per heavy atom. The number of pyridine rings is 1. The van der Waals surface area contributed by atoms with E-state index in [0.29, 0.717) is 28.1 Å². The molecule has 10 heteroatoms. The number of imide groups is 1. The number of ether oxygens (including phenoxy) is 1. The molecule has 0 aliphatic carbocycles. The van der Waals surface area contributed by atoms with Crippen molar-refractivity contribution in [1.29, 1.82) is 0 Å². The number of nitrogens with zero attached hydrogens (tertiary/aromatic N) is 4. The fourth-order valence-corrected chi connectivity index (χ4v) is 3.96. The molecule has 0 spiro atoms. The molecule has 2 amide bonds. The van der Waals surface area contributed by atoms with E-state index >= 15 is 0 Å². The summed E-state index contributed by atoms with van der Waals surface area (Å²) in [7, 11) is 0. The van der Waals surface area contributed by atoms with E-state index in [2.05, 4.69) is 14.8 Å². The van der Waals surface area contributed by atoms with Crippen molar-refractivity contribution in [3.8, 4) is 11.4 Å². The molecule has 0 fully saturated rings.